The summed E-state index contributed by atoms with van der Waals surface area (Å²) in [5, 5.41) is 5.98. The molecule has 7 heteroatoms. The lowest BCUT2D eigenvalue weighted by atomic mass is 10.0. The van der Waals surface area contributed by atoms with Gasteiger partial charge in [-0.2, -0.15) is 0 Å². The molecule has 2 N–H and O–H groups in total. The maximum Gasteiger partial charge on any atom is 0.261 e. The lowest BCUT2D eigenvalue weighted by Gasteiger charge is -2.22. The highest BCUT2D eigenvalue weighted by Crippen LogP contribution is 2.21. The number of carbonyl (C=O) groups is 2. The van der Waals surface area contributed by atoms with Gasteiger partial charge < -0.3 is 10.6 Å². The van der Waals surface area contributed by atoms with E-state index in [0.717, 1.165) is 0 Å². The van der Waals surface area contributed by atoms with Gasteiger partial charge in [-0.1, -0.05) is 26.0 Å². The van der Waals surface area contributed by atoms with Crippen LogP contribution in [0.1, 0.15) is 26.8 Å². The standard InChI is InChI=1S/C21H22N4O3/c1-13(2)19(25-12-22-18-7-5-4-6-17(18)21(25)28)20(27)24-16-10-8-15(9-11-16)23-14(3)26/h4-13,19H,1-3H3,(H,23,26)(H,24,27)/t19-/m1/s1. The molecule has 0 radical (unpaired) electrons. The number of hydrogen-bond acceptors (Lipinski definition) is 4. The Morgan fingerprint density at radius 1 is 0.964 bits per heavy atom. The molecule has 0 spiro atoms. The zero-order chi connectivity index (χ0) is 20.3. The maximum absolute atomic E-state index is 12.9. The quantitative estimate of drug-likeness (QED) is 0.713. The Morgan fingerprint density at radius 2 is 1.57 bits per heavy atom. The van der Waals surface area contributed by atoms with Gasteiger partial charge in [-0.15, -0.1) is 0 Å². The number of amides is 2. The molecule has 0 saturated heterocycles. The van der Waals surface area contributed by atoms with Crippen molar-refractivity contribution < 1.29 is 9.59 Å². The normalized spacial score (nSPS) is 12.0. The van der Waals surface area contributed by atoms with Crippen molar-refractivity contribution in [3.63, 3.8) is 0 Å². The smallest absolute Gasteiger partial charge is 0.261 e. The number of carbonyl (C=O) groups excluding carboxylic acids is 2. The predicted octanol–water partition coefficient (Wildman–Crippen LogP) is 3.19. The fraction of sp³-hybridized carbons (Fsp3) is 0.238. The molecule has 28 heavy (non-hydrogen) atoms. The number of para-hydroxylation sites is 1. The number of benzene rings is 2. The third kappa shape index (κ3) is 4.09. The van der Waals surface area contributed by atoms with Crippen molar-refractivity contribution in [2.24, 2.45) is 5.92 Å². The van der Waals surface area contributed by atoms with Gasteiger partial charge in [0.25, 0.3) is 5.56 Å². The van der Waals surface area contributed by atoms with E-state index < -0.39 is 6.04 Å². The number of nitrogens with one attached hydrogen (secondary N) is 2. The Balaban J connectivity index is 1.88. The Bertz CT molecular complexity index is 1070. The van der Waals surface area contributed by atoms with E-state index in [4.69, 9.17) is 0 Å². The van der Waals surface area contributed by atoms with E-state index in [0.29, 0.717) is 22.3 Å². The summed E-state index contributed by atoms with van der Waals surface area (Å²) in [6, 6.07) is 13.1. The molecule has 2 aromatic carbocycles. The first-order valence-electron chi connectivity index (χ1n) is 9.01. The van der Waals surface area contributed by atoms with Crippen LogP contribution in [0.5, 0.6) is 0 Å². The highest BCUT2D eigenvalue weighted by Gasteiger charge is 2.26. The SMILES string of the molecule is CC(=O)Nc1ccc(NC(=O)[C@@H](C(C)C)n2cnc3ccccc3c2=O)cc1. The van der Waals surface area contributed by atoms with Gasteiger partial charge in [0.05, 0.1) is 17.2 Å². The molecular weight excluding hydrogens is 356 g/mol. The van der Waals surface area contributed by atoms with Gasteiger partial charge >= 0.3 is 0 Å². The number of hydrogen-bond donors (Lipinski definition) is 2. The fourth-order valence-electron chi connectivity index (χ4n) is 3.09. The summed E-state index contributed by atoms with van der Waals surface area (Å²) < 4.78 is 1.38. The first kappa shape index (κ1) is 19.3. The molecule has 144 valence electrons. The van der Waals surface area contributed by atoms with Crippen molar-refractivity contribution in [3.05, 3.63) is 65.2 Å². The molecule has 7 nitrogen and oxygen atoms in total. The van der Waals surface area contributed by atoms with Gasteiger partial charge in [0.15, 0.2) is 0 Å². The van der Waals surface area contributed by atoms with Crippen molar-refractivity contribution in [2.75, 3.05) is 10.6 Å². The molecule has 1 atom stereocenters. The van der Waals surface area contributed by atoms with E-state index in [-0.39, 0.29) is 23.3 Å². The summed E-state index contributed by atoms with van der Waals surface area (Å²) in [7, 11) is 0. The van der Waals surface area contributed by atoms with Gasteiger partial charge in [-0.25, -0.2) is 4.98 Å². The summed E-state index contributed by atoms with van der Waals surface area (Å²) in [5.74, 6) is -0.597. The molecule has 0 fully saturated rings. The van der Waals surface area contributed by atoms with Crippen molar-refractivity contribution in [3.8, 4) is 0 Å². The molecule has 0 unspecified atom stereocenters. The Hall–Kier alpha value is -3.48. The van der Waals surface area contributed by atoms with Crippen LogP contribution in [0, 0.1) is 5.92 Å². The van der Waals surface area contributed by atoms with E-state index in [1.54, 1.807) is 42.5 Å². The summed E-state index contributed by atoms with van der Waals surface area (Å²) in [4.78, 5) is 41.2. The van der Waals surface area contributed by atoms with Crippen LogP contribution in [0.3, 0.4) is 0 Å². The molecule has 0 saturated carbocycles. The van der Waals surface area contributed by atoms with E-state index in [9.17, 15) is 14.4 Å². The fourth-order valence-corrected chi connectivity index (χ4v) is 3.09. The first-order chi connectivity index (χ1) is 13.4. The Kier molecular flexibility index (Phi) is 5.54. The summed E-state index contributed by atoms with van der Waals surface area (Å²) in [6.45, 7) is 5.19. The van der Waals surface area contributed by atoms with E-state index in [1.807, 2.05) is 19.9 Å². The van der Waals surface area contributed by atoms with Gasteiger partial charge in [-0.3, -0.25) is 19.0 Å². The minimum Gasteiger partial charge on any atom is -0.326 e. The average Bonchev–Trinajstić information content (AvgIpc) is 2.65. The summed E-state index contributed by atoms with van der Waals surface area (Å²) >= 11 is 0. The number of fused-ring (bicyclic) bond motifs is 1. The van der Waals surface area contributed by atoms with Crippen LogP contribution in [-0.4, -0.2) is 21.4 Å². The van der Waals surface area contributed by atoms with Crippen molar-refractivity contribution in [1.29, 1.82) is 0 Å². The summed E-state index contributed by atoms with van der Waals surface area (Å²) in [6.07, 6.45) is 1.43. The van der Waals surface area contributed by atoms with Gasteiger partial charge in [0.1, 0.15) is 6.04 Å². The molecule has 0 aliphatic carbocycles. The van der Waals surface area contributed by atoms with Crippen LogP contribution >= 0.6 is 0 Å². The minimum absolute atomic E-state index is 0.126. The maximum atomic E-state index is 12.9. The summed E-state index contributed by atoms with van der Waals surface area (Å²) in [5.41, 5.74) is 1.56. The van der Waals surface area contributed by atoms with Gasteiger partial charge in [-0.05, 0) is 42.3 Å². The van der Waals surface area contributed by atoms with Crippen molar-refractivity contribution in [2.45, 2.75) is 26.8 Å². The van der Waals surface area contributed by atoms with Crippen molar-refractivity contribution >= 4 is 34.1 Å². The minimum atomic E-state index is -0.709. The van der Waals surface area contributed by atoms with Crippen LogP contribution in [-0.2, 0) is 9.59 Å². The number of nitrogens with zero attached hydrogens (tertiary/aromatic N) is 2. The third-order valence-electron chi connectivity index (χ3n) is 4.36. The lowest BCUT2D eigenvalue weighted by Crippen LogP contribution is -2.36. The molecule has 1 heterocycles. The first-order valence-corrected chi connectivity index (χ1v) is 9.01. The Labute approximate surface area is 162 Å². The van der Waals surface area contributed by atoms with E-state index in [1.165, 1.54) is 17.8 Å². The second-order valence-corrected chi connectivity index (χ2v) is 6.91. The molecule has 2 amide bonds. The zero-order valence-electron chi connectivity index (χ0n) is 16.0. The monoisotopic (exact) mass is 378 g/mol. The molecule has 0 bridgehead atoms. The van der Waals surface area contributed by atoms with Gasteiger partial charge in [0, 0.05) is 18.3 Å². The molecular formula is C21H22N4O3. The molecule has 3 rings (SSSR count). The van der Waals surface area contributed by atoms with Crippen LogP contribution in [0.25, 0.3) is 10.9 Å². The average molecular weight is 378 g/mol. The Morgan fingerprint density at radius 3 is 2.18 bits per heavy atom. The molecule has 0 aliphatic heterocycles. The molecule has 3 aromatic rings. The van der Waals surface area contributed by atoms with Crippen molar-refractivity contribution in [1.82, 2.24) is 9.55 Å². The molecule has 0 aliphatic rings. The topological polar surface area (TPSA) is 93.1 Å². The highest BCUT2D eigenvalue weighted by atomic mass is 16.2. The van der Waals surface area contributed by atoms with Crippen LogP contribution < -0.4 is 16.2 Å². The van der Waals surface area contributed by atoms with Gasteiger partial charge in [0.2, 0.25) is 11.8 Å². The highest BCUT2D eigenvalue weighted by molar-refractivity contribution is 5.95. The largest absolute Gasteiger partial charge is 0.326 e. The van der Waals surface area contributed by atoms with Crippen LogP contribution in [0.15, 0.2) is 59.7 Å². The number of rotatable bonds is 5. The second-order valence-electron chi connectivity index (χ2n) is 6.91. The van der Waals surface area contributed by atoms with Crippen LogP contribution in [0.2, 0.25) is 0 Å². The lowest BCUT2D eigenvalue weighted by molar-refractivity contribution is -0.120. The molecule has 1 aromatic heterocycles. The second kappa shape index (κ2) is 8.04. The third-order valence-corrected chi connectivity index (χ3v) is 4.36. The van der Waals surface area contributed by atoms with E-state index in [2.05, 4.69) is 15.6 Å². The van der Waals surface area contributed by atoms with E-state index >= 15 is 0 Å². The number of aromatic nitrogens is 2. The number of anilines is 2. The predicted molar refractivity (Wildman–Crippen MR) is 109 cm³/mol. The van der Waals surface area contributed by atoms with Crippen LogP contribution in [0.4, 0.5) is 11.4 Å². The zero-order valence-corrected chi connectivity index (χ0v) is 16.0.